The first-order chi connectivity index (χ1) is 17.7. The van der Waals surface area contributed by atoms with Gasteiger partial charge < -0.3 is 20.1 Å². The third-order valence-electron chi connectivity index (χ3n) is 5.03. The number of aryl methyl sites for hydroxylation is 2. The number of nitrogens with one attached hydrogen (secondary N) is 3. The van der Waals surface area contributed by atoms with Crippen LogP contribution in [0.25, 0.3) is 0 Å². The minimum absolute atomic E-state index is 0.152. The maximum atomic E-state index is 12.2. The van der Waals surface area contributed by atoms with Crippen LogP contribution >= 0.6 is 23.2 Å². The number of hydrazone groups is 1. The zero-order chi connectivity index (χ0) is 26.9. The second-order valence-corrected chi connectivity index (χ2v) is 8.64. The molecule has 3 N–H and O–H groups in total. The monoisotopic (exact) mass is 542 g/mol. The fourth-order valence-corrected chi connectivity index (χ4v) is 3.62. The summed E-state index contributed by atoms with van der Waals surface area (Å²) in [5.74, 6) is -1.81. The van der Waals surface area contributed by atoms with Crippen molar-refractivity contribution in [1.29, 1.82) is 0 Å². The molecule has 3 aromatic carbocycles. The summed E-state index contributed by atoms with van der Waals surface area (Å²) in [6.07, 6.45) is 1.29. The van der Waals surface area contributed by atoms with Crippen LogP contribution in [-0.2, 0) is 14.4 Å². The highest BCUT2D eigenvalue weighted by Crippen LogP contribution is 2.36. The van der Waals surface area contributed by atoms with Gasteiger partial charge in [0.15, 0.2) is 18.1 Å². The number of carbonyl (C=O) groups is 3. The summed E-state index contributed by atoms with van der Waals surface area (Å²) in [6.45, 7) is 3.34. The zero-order valence-corrected chi connectivity index (χ0v) is 21.7. The first kappa shape index (κ1) is 27.5. The molecule has 0 unspecified atom stereocenters. The Labute approximate surface area is 223 Å². The van der Waals surface area contributed by atoms with Gasteiger partial charge in [0.1, 0.15) is 0 Å². The molecule has 0 bridgehead atoms. The van der Waals surface area contributed by atoms with Crippen LogP contribution in [0.3, 0.4) is 0 Å². The number of ether oxygens (including phenoxy) is 2. The number of hydrogen-bond donors (Lipinski definition) is 3. The van der Waals surface area contributed by atoms with E-state index in [9.17, 15) is 14.4 Å². The molecule has 0 aliphatic carbocycles. The predicted octanol–water partition coefficient (Wildman–Crippen LogP) is 4.73. The Bertz CT molecular complexity index is 1320. The van der Waals surface area contributed by atoms with E-state index in [1.807, 2.05) is 32.0 Å². The molecule has 0 aliphatic heterocycles. The zero-order valence-electron chi connectivity index (χ0n) is 20.2. The smallest absolute Gasteiger partial charge is 0.329 e. The van der Waals surface area contributed by atoms with Gasteiger partial charge in [-0.25, -0.2) is 5.43 Å². The molecule has 192 valence electrons. The second kappa shape index (κ2) is 12.8. The lowest BCUT2D eigenvalue weighted by Gasteiger charge is -2.13. The standard InChI is InChI=1S/C26H24Cl2N4O5/c1-15-5-4-6-16(2)23(15)31-25(34)26(35)32-29-13-17-11-20(28)24(21(12-17)36-3)37-14-22(33)30-19-9-7-18(27)8-10-19/h4-13H,14H2,1-3H3,(H,30,33)(H,31,34)(H,32,35)/b29-13-. The minimum atomic E-state index is -0.941. The largest absolute Gasteiger partial charge is 0.493 e. The molecular formula is C26H24Cl2N4O5. The van der Waals surface area contributed by atoms with Crippen molar-refractivity contribution in [3.05, 3.63) is 81.3 Å². The highest BCUT2D eigenvalue weighted by Gasteiger charge is 2.16. The molecule has 0 atom stereocenters. The van der Waals surface area contributed by atoms with Gasteiger partial charge in [-0.15, -0.1) is 0 Å². The highest BCUT2D eigenvalue weighted by molar-refractivity contribution is 6.39. The average molecular weight is 543 g/mol. The number of hydrogen-bond acceptors (Lipinski definition) is 6. The molecule has 9 nitrogen and oxygen atoms in total. The van der Waals surface area contributed by atoms with E-state index >= 15 is 0 Å². The van der Waals surface area contributed by atoms with Gasteiger partial charge in [-0.3, -0.25) is 14.4 Å². The number of amides is 3. The van der Waals surface area contributed by atoms with E-state index in [4.69, 9.17) is 32.7 Å². The Morgan fingerprint density at radius 1 is 0.946 bits per heavy atom. The molecule has 0 saturated carbocycles. The lowest BCUT2D eigenvalue weighted by molar-refractivity contribution is -0.136. The van der Waals surface area contributed by atoms with Crippen molar-refractivity contribution in [3.63, 3.8) is 0 Å². The van der Waals surface area contributed by atoms with Crippen LogP contribution in [0.4, 0.5) is 11.4 Å². The van der Waals surface area contributed by atoms with Crippen molar-refractivity contribution < 1.29 is 23.9 Å². The highest BCUT2D eigenvalue weighted by atomic mass is 35.5. The number of para-hydroxylation sites is 1. The van der Waals surface area contributed by atoms with Crippen LogP contribution in [0.5, 0.6) is 11.5 Å². The molecule has 3 amide bonds. The van der Waals surface area contributed by atoms with Crippen molar-refractivity contribution in [3.8, 4) is 11.5 Å². The number of carbonyl (C=O) groups excluding carboxylic acids is 3. The first-order valence-corrected chi connectivity index (χ1v) is 11.7. The number of anilines is 2. The topological polar surface area (TPSA) is 118 Å². The summed E-state index contributed by atoms with van der Waals surface area (Å²) in [7, 11) is 1.41. The Morgan fingerprint density at radius 2 is 1.62 bits per heavy atom. The van der Waals surface area contributed by atoms with E-state index < -0.39 is 17.7 Å². The Morgan fingerprint density at radius 3 is 2.27 bits per heavy atom. The SMILES string of the molecule is COc1cc(/C=N\NC(=O)C(=O)Nc2c(C)cccc2C)cc(Cl)c1OCC(=O)Nc1ccc(Cl)cc1. The van der Waals surface area contributed by atoms with Crippen molar-refractivity contribution >= 4 is 58.5 Å². The van der Waals surface area contributed by atoms with Gasteiger partial charge in [-0.1, -0.05) is 41.4 Å². The van der Waals surface area contributed by atoms with Gasteiger partial charge in [-0.05, 0) is 66.9 Å². The molecule has 0 radical (unpaired) electrons. The molecular weight excluding hydrogens is 519 g/mol. The Balaban J connectivity index is 1.59. The maximum absolute atomic E-state index is 12.2. The fourth-order valence-electron chi connectivity index (χ4n) is 3.22. The quantitative estimate of drug-likeness (QED) is 0.216. The lowest BCUT2D eigenvalue weighted by atomic mass is 10.1. The van der Waals surface area contributed by atoms with E-state index in [2.05, 4.69) is 21.2 Å². The molecule has 0 saturated heterocycles. The van der Waals surface area contributed by atoms with Gasteiger partial charge in [0.25, 0.3) is 5.91 Å². The van der Waals surface area contributed by atoms with Crippen molar-refractivity contribution in [2.75, 3.05) is 24.4 Å². The average Bonchev–Trinajstić information content (AvgIpc) is 2.86. The lowest BCUT2D eigenvalue weighted by Crippen LogP contribution is -2.32. The van der Waals surface area contributed by atoms with Gasteiger partial charge >= 0.3 is 11.8 Å². The fraction of sp³-hybridized carbons (Fsp3) is 0.154. The summed E-state index contributed by atoms with van der Waals surface area (Å²) < 4.78 is 10.9. The summed E-state index contributed by atoms with van der Waals surface area (Å²) in [5.41, 5.74) is 5.42. The van der Waals surface area contributed by atoms with Gasteiger partial charge in [0.2, 0.25) is 0 Å². The maximum Gasteiger partial charge on any atom is 0.329 e. The van der Waals surface area contributed by atoms with Gasteiger partial charge in [-0.2, -0.15) is 5.10 Å². The van der Waals surface area contributed by atoms with Gasteiger partial charge in [0, 0.05) is 16.4 Å². The van der Waals surface area contributed by atoms with Crippen molar-refractivity contribution in [1.82, 2.24) is 5.43 Å². The number of halogens is 2. The molecule has 0 aromatic heterocycles. The molecule has 37 heavy (non-hydrogen) atoms. The number of methoxy groups -OCH3 is 1. The summed E-state index contributed by atoms with van der Waals surface area (Å²) in [4.78, 5) is 36.6. The van der Waals surface area contributed by atoms with Gasteiger partial charge in [0.05, 0.1) is 18.3 Å². The molecule has 3 rings (SSSR count). The summed E-state index contributed by atoms with van der Waals surface area (Å²) in [6, 6.07) is 15.2. The molecule has 0 spiro atoms. The summed E-state index contributed by atoms with van der Waals surface area (Å²) >= 11 is 12.2. The predicted molar refractivity (Wildman–Crippen MR) is 144 cm³/mol. The van der Waals surface area contributed by atoms with E-state index in [-0.39, 0.29) is 23.1 Å². The minimum Gasteiger partial charge on any atom is -0.493 e. The molecule has 11 heteroatoms. The number of benzene rings is 3. The number of rotatable bonds is 8. The van der Waals surface area contributed by atoms with E-state index in [0.29, 0.717) is 22.0 Å². The van der Waals surface area contributed by atoms with Crippen LogP contribution < -0.4 is 25.5 Å². The Kier molecular flexibility index (Phi) is 9.48. The molecule has 3 aromatic rings. The van der Waals surface area contributed by atoms with Crippen LogP contribution in [0.15, 0.2) is 59.7 Å². The molecule has 0 fully saturated rings. The normalized spacial score (nSPS) is 10.6. The van der Waals surface area contributed by atoms with Crippen molar-refractivity contribution in [2.24, 2.45) is 5.10 Å². The van der Waals surface area contributed by atoms with E-state index in [0.717, 1.165) is 11.1 Å². The third kappa shape index (κ3) is 7.70. The van der Waals surface area contributed by atoms with Crippen LogP contribution in [0.2, 0.25) is 10.0 Å². The van der Waals surface area contributed by atoms with E-state index in [1.54, 1.807) is 30.3 Å². The second-order valence-electron chi connectivity index (χ2n) is 7.80. The van der Waals surface area contributed by atoms with E-state index in [1.165, 1.54) is 19.4 Å². The number of nitrogens with zero attached hydrogens (tertiary/aromatic N) is 1. The third-order valence-corrected chi connectivity index (χ3v) is 5.57. The summed E-state index contributed by atoms with van der Waals surface area (Å²) in [5, 5.41) is 9.77. The Hall–Kier alpha value is -4.08. The van der Waals surface area contributed by atoms with Crippen LogP contribution in [0.1, 0.15) is 16.7 Å². The molecule has 0 heterocycles. The molecule has 0 aliphatic rings. The van der Waals surface area contributed by atoms with Crippen molar-refractivity contribution in [2.45, 2.75) is 13.8 Å². The van der Waals surface area contributed by atoms with Crippen LogP contribution in [-0.4, -0.2) is 37.7 Å². The first-order valence-electron chi connectivity index (χ1n) is 10.9. The van der Waals surface area contributed by atoms with Crippen LogP contribution in [0, 0.1) is 13.8 Å².